The molecule has 2 aromatic rings. The Kier molecular flexibility index (Phi) is 2.97. The minimum atomic E-state index is 1.02. The van der Waals surface area contributed by atoms with Gasteiger partial charge in [-0.15, -0.1) is 0 Å². The first-order valence-electron chi connectivity index (χ1n) is 5.30. The summed E-state index contributed by atoms with van der Waals surface area (Å²) in [7, 11) is 1.98. The van der Waals surface area contributed by atoms with Gasteiger partial charge < -0.3 is 5.32 Å². The number of pyridine rings is 1. The zero-order chi connectivity index (χ0) is 10.7. The van der Waals surface area contributed by atoms with Gasteiger partial charge in [0.05, 0.1) is 5.52 Å². The molecule has 15 heavy (non-hydrogen) atoms. The van der Waals surface area contributed by atoms with Gasteiger partial charge >= 0.3 is 0 Å². The predicted octanol–water partition coefficient (Wildman–Crippen LogP) is 2.31. The van der Waals surface area contributed by atoms with Gasteiger partial charge in [-0.05, 0) is 56.3 Å². The minimum absolute atomic E-state index is 1.02. The van der Waals surface area contributed by atoms with Gasteiger partial charge in [0.15, 0.2) is 0 Å². The molecule has 2 heteroatoms. The summed E-state index contributed by atoms with van der Waals surface area (Å²) < 4.78 is 0. The fraction of sp³-hybridized carbons (Fsp3) is 0.308. The van der Waals surface area contributed by atoms with E-state index < -0.39 is 0 Å². The number of nitrogens with one attached hydrogen (secondary N) is 1. The minimum Gasteiger partial charge on any atom is -0.319 e. The number of fused-ring (bicyclic) bond motifs is 1. The van der Waals surface area contributed by atoms with E-state index in [9.17, 15) is 0 Å². The molecule has 0 atom stereocenters. The van der Waals surface area contributed by atoms with Crippen molar-refractivity contribution >= 4 is 10.9 Å². The lowest BCUT2D eigenvalue weighted by Crippen LogP contribution is -2.10. The van der Waals surface area contributed by atoms with Crippen LogP contribution >= 0.6 is 0 Å². The van der Waals surface area contributed by atoms with Crippen LogP contribution in [0.15, 0.2) is 30.5 Å². The van der Waals surface area contributed by atoms with E-state index in [0.29, 0.717) is 0 Å². The number of hydrogen-bond acceptors (Lipinski definition) is 2. The number of aryl methyl sites for hydroxylation is 1. The van der Waals surface area contributed by atoms with Crippen molar-refractivity contribution in [3.8, 4) is 0 Å². The van der Waals surface area contributed by atoms with E-state index in [-0.39, 0.29) is 0 Å². The van der Waals surface area contributed by atoms with Crippen molar-refractivity contribution in [2.75, 3.05) is 13.6 Å². The summed E-state index contributed by atoms with van der Waals surface area (Å²) in [6.07, 6.45) is 2.94. The van der Waals surface area contributed by atoms with E-state index in [2.05, 4.69) is 41.5 Å². The number of likely N-dealkylation sites (N-methyl/N-ethyl adjacent to an activating group) is 1. The lowest BCUT2D eigenvalue weighted by Gasteiger charge is -2.05. The first kappa shape index (κ1) is 10.1. The summed E-state index contributed by atoms with van der Waals surface area (Å²) in [5.74, 6) is 0. The summed E-state index contributed by atoms with van der Waals surface area (Å²) in [6.45, 7) is 3.15. The fourth-order valence-electron chi connectivity index (χ4n) is 1.76. The van der Waals surface area contributed by atoms with E-state index in [4.69, 9.17) is 0 Å². The van der Waals surface area contributed by atoms with Gasteiger partial charge in [-0.1, -0.05) is 6.07 Å². The molecule has 0 fully saturated rings. The van der Waals surface area contributed by atoms with E-state index in [1.165, 1.54) is 16.5 Å². The molecule has 0 amide bonds. The summed E-state index contributed by atoms with van der Waals surface area (Å²) in [4.78, 5) is 4.35. The quantitative estimate of drug-likeness (QED) is 0.822. The highest BCUT2D eigenvalue weighted by Gasteiger charge is 1.99. The van der Waals surface area contributed by atoms with Crippen LogP contribution in [0.2, 0.25) is 0 Å². The van der Waals surface area contributed by atoms with E-state index >= 15 is 0 Å². The third-order valence-electron chi connectivity index (χ3n) is 2.69. The van der Waals surface area contributed by atoms with E-state index in [0.717, 1.165) is 18.5 Å². The highest BCUT2D eigenvalue weighted by atomic mass is 14.8. The van der Waals surface area contributed by atoms with Gasteiger partial charge in [0, 0.05) is 11.6 Å². The molecule has 0 saturated carbocycles. The van der Waals surface area contributed by atoms with Crippen LogP contribution < -0.4 is 5.32 Å². The lowest BCUT2D eigenvalue weighted by molar-refractivity contribution is 0.792. The second-order valence-corrected chi connectivity index (χ2v) is 3.83. The summed E-state index contributed by atoms with van der Waals surface area (Å²) in [5, 5.41) is 4.43. The van der Waals surface area contributed by atoms with Gasteiger partial charge in [-0.3, -0.25) is 4.98 Å². The molecule has 78 valence electrons. The van der Waals surface area contributed by atoms with Crippen molar-refractivity contribution in [1.82, 2.24) is 10.3 Å². The van der Waals surface area contributed by atoms with Crippen LogP contribution in [0.3, 0.4) is 0 Å². The van der Waals surface area contributed by atoms with Crippen molar-refractivity contribution in [1.29, 1.82) is 0 Å². The Morgan fingerprint density at radius 2 is 2.13 bits per heavy atom. The Bertz CT molecular complexity index is 463. The SMILES string of the molecule is CNCCc1ccc2nccc(C)c2c1. The maximum atomic E-state index is 4.35. The van der Waals surface area contributed by atoms with Crippen LogP contribution in [0, 0.1) is 6.92 Å². The zero-order valence-electron chi connectivity index (χ0n) is 9.25. The smallest absolute Gasteiger partial charge is 0.0704 e. The van der Waals surface area contributed by atoms with Crippen molar-refractivity contribution in [2.24, 2.45) is 0 Å². The van der Waals surface area contributed by atoms with Crippen LogP contribution in [0.1, 0.15) is 11.1 Å². The maximum Gasteiger partial charge on any atom is 0.0704 e. The van der Waals surface area contributed by atoms with Crippen molar-refractivity contribution < 1.29 is 0 Å². The molecule has 2 nitrogen and oxygen atoms in total. The van der Waals surface area contributed by atoms with Gasteiger partial charge in [0.25, 0.3) is 0 Å². The second-order valence-electron chi connectivity index (χ2n) is 3.83. The molecule has 1 aromatic heterocycles. The molecule has 0 radical (unpaired) electrons. The van der Waals surface area contributed by atoms with Crippen LogP contribution in [-0.2, 0) is 6.42 Å². The molecule has 1 heterocycles. The maximum absolute atomic E-state index is 4.35. The third-order valence-corrected chi connectivity index (χ3v) is 2.69. The standard InChI is InChI=1S/C13H16N2/c1-10-5-8-15-13-4-3-11(6-7-14-2)9-12(10)13/h3-5,8-9,14H,6-7H2,1-2H3. The molecule has 0 saturated heterocycles. The second kappa shape index (κ2) is 4.41. The molecule has 0 aliphatic carbocycles. The van der Waals surface area contributed by atoms with E-state index in [1.54, 1.807) is 0 Å². The van der Waals surface area contributed by atoms with Crippen LogP contribution in [0.4, 0.5) is 0 Å². The Balaban J connectivity index is 2.41. The summed E-state index contributed by atoms with van der Waals surface area (Å²) >= 11 is 0. The van der Waals surface area contributed by atoms with Crippen molar-refractivity contribution in [3.63, 3.8) is 0 Å². The average molecular weight is 200 g/mol. The topological polar surface area (TPSA) is 24.9 Å². The lowest BCUT2D eigenvalue weighted by atomic mass is 10.1. The predicted molar refractivity (Wildman–Crippen MR) is 64.1 cm³/mol. The van der Waals surface area contributed by atoms with Crippen molar-refractivity contribution in [2.45, 2.75) is 13.3 Å². The molecular formula is C13H16N2. The highest BCUT2D eigenvalue weighted by Crippen LogP contribution is 2.17. The molecule has 0 spiro atoms. The Morgan fingerprint density at radius 3 is 2.93 bits per heavy atom. The van der Waals surface area contributed by atoms with Gasteiger partial charge in [0.2, 0.25) is 0 Å². The molecule has 0 unspecified atom stereocenters. The third kappa shape index (κ3) is 2.16. The normalized spacial score (nSPS) is 10.8. The number of nitrogens with zero attached hydrogens (tertiary/aromatic N) is 1. The molecule has 0 bridgehead atoms. The number of hydrogen-bond donors (Lipinski definition) is 1. The Hall–Kier alpha value is -1.41. The summed E-state index contributed by atoms with van der Waals surface area (Å²) in [5.41, 5.74) is 3.75. The molecule has 0 aliphatic heterocycles. The summed E-state index contributed by atoms with van der Waals surface area (Å²) in [6, 6.07) is 8.57. The molecule has 2 rings (SSSR count). The van der Waals surface area contributed by atoms with Crippen molar-refractivity contribution in [3.05, 3.63) is 41.6 Å². The molecule has 1 aromatic carbocycles. The number of rotatable bonds is 3. The number of aromatic nitrogens is 1. The zero-order valence-corrected chi connectivity index (χ0v) is 9.25. The van der Waals surface area contributed by atoms with Crippen LogP contribution in [-0.4, -0.2) is 18.6 Å². The number of benzene rings is 1. The van der Waals surface area contributed by atoms with Gasteiger partial charge in [0.1, 0.15) is 0 Å². The fourth-order valence-corrected chi connectivity index (χ4v) is 1.76. The van der Waals surface area contributed by atoms with Gasteiger partial charge in [-0.2, -0.15) is 0 Å². The Labute approximate surface area is 90.3 Å². The van der Waals surface area contributed by atoms with Crippen LogP contribution in [0.25, 0.3) is 10.9 Å². The first-order chi connectivity index (χ1) is 7.31. The largest absolute Gasteiger partial charge is 0.319 e. The molecule has 1 N–H and O–H groups in total. The van der Waals surface area contributed by atoms with Crippen LogP contribution in [0.5, 0.6) is 0 Å². The average Bonchev–Trinajstić information content (AvgIpc) is 2.27. The molecule has 0 aliphatic rings. The monoisotopic (exact) mass is 200 g/mol. The first-order valence-corrected chi connectivity index (χ1v) is 5.30. The highest BCUT2D eigenvalue weighted by molar-refractivity contribution is 5.82. The van der Waals surface area contributed by atoms with E-state index in [1.807, 2.05) is 13.2 Å². The van der Waals surface area contributed by atoms with Gasteiger partial charge in [-0.25, -0.2) is 0 Å². The Morgan fingerprint density at radius 1 is 1.27 bits per heavy atom. The molecular weight excluding hydrogens is 184 g/mol.